The highest BCUT2D eigenvalue weighted by atomic mass is 35.5. The van der Waals surface area contributed by atoms with Crippen molar-refractivity contribution >= 4 is 35.0 Å². The maximum Gasteiger partial charge on any atom is 0.231 e. The predicted molar refractivity (Wildman–Crippen MR) is 89.8 cm³/mol. The van der Waals surface area contributed by atoms with Crippen LogP contribution in [0.1, 0.15) is 13.3 Å². The van der Waals surface area contributed by atoms with Crippen LogP contribution in [0.3, 0.4) is 0 Å². The Bertz CT molecular complexity index is 655. The molecule has 1 fully saturated rings. The van der Waals surface area contributed by atoms with Gasteiger partial charge in [-0.05, 0) is 31.2 Å². The van der Waals surface area contributed by atoms with Gasteiger partial charge in [0.1, 0.15) is 5.69 Å². The molecular formula is C15H17ClN4OS. The number of thioether (sulfide) groups is 1. The Morgan fingerprint density at radius 1 is 1.59 bits per heavy atom. The van der Waals surface area contributed by atoms with Crippen LogP contribution in [0.15, 0.2) is 30.7 Å². The summed E-state index contributed by atoms with van der Waals surface area (Å²) < 4.78 is 1.66. The molecule has 1 unspecified atom stereocenters. The number of aromatic nitrogens is 3. The second-order valence-electron chi connectivity index (χ2n) is 5.10. The quantitative estimate of drug-likeness (QED) is 0.861. The van der Waals surface area contributed by atoms with Gasteiger partial charge in [0.25, 0.3) is 0 Å². The maximum atomic E-state index is 12.7. The highest BCUT2D eigenvalue weighted by molar-refractivity contribution is 7.99. The molecule has 1 saturated heterocycles. The van der Waals surface area contributed by atoms with Crippen LogP contribution in [-0.4, -0.2) is 38.7 Å². The van der Waals surface area contributed by atoms with Crippen molar-refractivity contribution in [2.75, 3.05) is 23.0 Å². The molecule has 1 aliphatic rings. The van der Waals surface area contributed by atoms with Crippen molar-refractivity contribution in [3.63, 3.8) is 0 Å². The van der Waals surface area contributed by atoms with Gasteiger partial charge >= 0.3 is 0 Å². The molecule has 2 aromatic rings. The van der Waals surface area contributed by atoms with E-state index in [2.05, 4.69) is 10.1 Å². The average molecular weight is 337 g/mol. The van der Waals surface area contributed by atoms with Gasteiger partial charge in [0, 0.05) is 24.4 Å². The minimum absolute atomic E-state index is 0.0859. The zero-order valence-electron chi connectivity index (χ0n) is 12.3. The van der Waals surface area contributed by atoms with E-state index >= 15 is 0 Å². The van der Waals surface area contributed by atoms with Crippen molar-refractivity contribution in [2.45, 2.75) is 13.3 Å². The van der Waals surface area contributed by atoms with E-state index in [4.69, 9.17) is 11.6 Å². The van der Waals surface area contributed by atoms with Crippen LogP contribution >= 0.6 is 23.4 Å². The Morgan fingerprint density at radius 2 is 2.45 bits per heavy atom. The van der Waals surface area contributed by atoms with Crippen molar-refractivity contribution < 1.29 is 4.79 Å². The van der Waals surface area contributed by atoms with E-state index in [0.717, 1.165) is 23.6 Å². The van der Waals surface area contributed by atoms with Crippen molar-refractivity contribution in [3.05, 3.63) is 35.9 Å². The van der Waals surface area contributed by atoms with Gasteiger partial charge in [0.2, 0.25) is 5.91 Å². The summed E-state index contributed by atoms with van der Waals surface area (Å²) >= 11 is 8.10. The molecule has 2 aromatic heterocycles. The van der Waals surface area contributed by atoms with E-state index in [1.54, 1.807) is 28.2 Å². The number of amides is 1. The molecule has 116 valence electrons. The number of halogens is 1. The Hall–Kier alpha value is -1.53. The number of nitrogens with zero attached hydrogens (tertiary/aromatic N) is 4. The molecule has 0 saturated carbocycles. The Labute approximate surface area is 138 Å². The molecular weight excluding hydrogens is 320 g/mol. The molecule has 1 atom stereocenters. The molecule has 1 aliphatic heterocycles. The Balaban J connectivity index is 1.89. The standard InChI is InChI=1S/C15H17ClN4OS/c1-2-19(15(21)11-5-7-22-10-11)13-9-20(18-14(13)16)12-4-3-6-17-8-12/h3-4,6,8-9,11H,2,5,7,10H2,1H3. The van der Waals surface area contributed by atoms with E-state index < -0.39 is 0 Å². The fourth-order valence-corrected chi connectivity index (χ4v) is 3.98. The minimum atomic E-state index is 0.0859. The molecule has 1 amide bonds. The average Bonchev–Trinajstić information content (AvgIpc) is 3.19. The van der Waals surface area contributed by atoms with Crippen LogP contribution in [0.25, 0.3) is 5.69 Å². The van der Waals surface area contributed by atoms with Crippen LogP contribution in [0.2, 0.25) is 5.15 Å². The third-order valence-electron chi connectivity index (χ3n) is 3.71. The fraction of sp³-hybridized carbons (Fsp3) is 0.400. The first-order valence-electron chi connectivity index (χ1n) is 7.25. The normalized spacial score (nSPS) is 17.6. The van der Waals surface area contributed by atoms with Gasteiger partial charge in [-0.1, -0.05) is 11.6 Å². The second kappa shape index (κ2) is 6.71. The number of hydrogen-bond acceptors (Lipinski definition) is 4. The molecule has 0 aliphatic carbocycles. The SMILES string of the molecule is CCN(C(=O)C1CCSC1)c1cn(-c2cccnc2)nc1Cl. The van der Waals surface area contributed by atoms with E-state index in [-0.39, 0.29) is 11.8 Å². The number of pyridine rings is 1. The first-order valence-corrected chi connectivity index (χ1v) is 8.78. The molecule has 5 nitrogen and oxygen atoms in total. The van der Waals surface area contributed by atoms with E-state index in [1.165, 1.54) is 0 Å². The largest absolute Gasteiger partial charge is 0.308 e. The highest BCUT2D eigenvalue weighted by Gasteiger charge is 2.29. The zero-order valence-corrected chi connectivity index (χ0v) is 13.8. The molecule has 3 rings (SSSR count). The summed E-state index contributed by atoms with van der Waals surface area (Å²) in [5, 5.41) is 4.64. The van der Waals surface area contributed by atoms with Gasteiger partial charge in [-0.3, -0.25) is 9.78 Å². The lowest BCUT2D eigenvalue weighted by Gasteiger charge is -2.22. The summed E-state index contributed by atoms with van der Waals surface area (Å²) in [6.07, 6.45) is 6.14. The minimum Gasteiger partial charge on any atom is -0.308 e. The zero-order chi connectivity index (χ0) is 15.5. The summed E-state index contributed by atoms with van der Waals surface area (Å²) in [5.41, 5.74) is 1.48. The van der Waals surface area contributed by atoms with Crippen molar-refractivity contribution in [1.82, 2.24) is 14.8 Å². The lowest BCUT2D eigenvalue weighted by atomic mass is 10.1. The predicted octanol–water partition coefficient (Wildman–Crippen LogP) is 3.03. The third kappa shape index (κ3) is 2.98. The molecule has 0 bridgehead atoms. The number of carbonyl (C=O) groups excluding carboxylic acids is 1. The summed E-state index contributed by atoms with van der Waals surface area (Å²) in [4.78, 5) is 18.5. The topological polar surface area (TPSA) is 51.0 Å². The van der Waals surface area contributed by atoms with Gasteiger partial charge in [0.15, 0.2) is 5.15 Å². The lowest BCUT2D eigenvalue weighted by molar-refractivity contribution is -0.121. The van der Waals surface area contributed by atoms with Gasteiger partial charge < -0.3 is 4.90 Å². The highest BCUT2D eigenvalue weighted by Crippen LogP contribution is 2.31. The van der Waals surface area contributed by atoms with E-state index in [9.17, 15) is 4.79 Å². The van der Waals surface area contributed by atoms with Crippen molar-refractivity contribution in [2.24, 2.45) is 5.92 Å². The van der Waals surface area contributed by atoms with Crippen molar-refractivity contribution in [3.8, 4) is 5.69 Å². The van der Waals surface area contributed by atoms with Gasteiger partial charge in [0.05, 0.1) is 18.1 Å². The number of carbonyl (C=O) groups is 1. The van der Waals surface area contributed by atoms with Crippen LogP contribution in [-0.2, 0) is 4.79 Å². The Kier molecular flexibility index (Phi) is 4.69. The monoisotopic (exact) mass is 336 g/mol. The lowest BCUT2D eigenvalue weighted by Crippen LogP contribution is -2.36. The van der Waals surface area contributed by atoms with E-state index in [1.807, 2.05) is 30.8 Å². The van der Waals surface area contributed by atoms with Crippen LogP contribution in [0.5, 0.6) is 0 Å². The number of anilines is 1. The summed E-state index contributed by atoms with van der Waals surface area (Å²) in [7, 11) is 0. The molecule has 3 heterocycles. The summed E-state index contributed by atoms with van der Waals surface area (Å²) in [6.45, 7) is 2.54. The van der Waals surface area contributed by atoms with Crippen molar-refractivity contribution in [1.29, 1.82) is 0 Å². The first-order chi connectivity index (χ1) is 10.7. The Morgan fingerprint density at radius 3 is 3.09 bits per heavy atom. The molecule has 0 N–H and O–H groups in total. The summed E-state index contributed by atoms with van der Waals surface area (Å²) in [5.74, 6) is 2.17. The second-order valence-corrected chi connectivity index (χ2v) is 6.61. The van der Waals surface area contributed by atoms with Gasteiger partial charge in [-0.2, -0.15) is 16.9 Å². The number of rotatable bonds is 4. The molecule has 22 heavy (non-hydrogen) atoms. The molecule has 0 radical (unpaired) electrons. The van der Waals surface area contributed by atoms with Crippen LogP contribution in [0.4, 0.5) is 5.69 Å². The molecule has 0 spiro atoms. The van der Waals surface area contributed by atoms with E-state index in [0.29, 0.717) is 17.4 Å². The maximum absolute atomic E-state index is 12.7. The summed E-state index contributed by atoms with van der Waals surface area (Å²) in [6, 6.07) is 3.73. The van der Waals surface area contributed by atoms with Gasteiger partial charge in [-0.15, -0.1) is 0 Å². The smallest absolute Gasteiger partial charge is 0.231 e. The number of hydrogen-bond donors (Lipinski definition) is 0. The molecule has 7 heteroatoms. The van der Waals surface area contributed by atoms with Crippen LogP contribution in [0, 0.1) is 5.92 Å². The van der Waals surface area contributed by atoms with Gasteiger partial charge in [-0.25, -0.2) is 4.68 Å². The fourth-order valence-electron chi connectivity index (χ4n) is 2.54. The van der Waals surface area contributed by atoms with Crippen LogP contribution < -0.4 is 4.90 Å². The third-order valence-corrected chi connectivity index (χ3v) is 5.15. The molecule has 0 aromatic carbocycles. The first kappa shape index (κ1) is 15.4.